The highest BCUT2D eigenvalue weighted by molar-refractivity contribution is 7.99. The highest BCUT2D eigenvalue weighted by Gasteiger charge is 2.24. The van der Waals surface area contributed by atoms with Gasteiger partial charge in [-0.2, -0.15) is 0 Å². The number of methoxy groups -OCH3 is 2. The van der Waals surface area contributed by atoms with Crippen LogP contribution in [0.5, 0.6) is 11.5 Å². The third kappa shape index (κ3) is 5.00. The molecule has 0 amide bonds. The van der Waals surface area contributed by atoms with Crippen molar-refractivity contribution in [2.45, 2.75) is 62.6 Å². The molecule has 0 spiro atoms. The predicted octanol–water partition coefficient (Wildman–Crippen LogP) is 4.72. The van der Waals surface area contributed by atoms with Crippen LogP contribution < -0.4 is 9.47 Å². The van der Waals surface area contributed by atoms with Gasteiger partial charge in [0.2, 0.25) is 0 Å². The lowest BCUT2D eigenvalue weighted by molar-refractivity contribution is 0.284. The van der Waals surface area contributed by atoms with E-state index in [4.69, 9.17) is 14.6 Å². The summed E-state index contributed by atoms with van der Waals surface area (Å²) in [6.07, 6.45) is 9.18. The van der Waals surface area contributed by atoms with Gasteiger partial charge in [0.1, 0.15) is 0 Å². The van der Waals surface area contributed by atoms with Crippen LogP contribution >= 0.6 is 11.8 Å². The molecule has 154 valence electrons. The molecule has 1 N–H and O–H groups in total. The van der Waals surface area contributed by atoms with E-state index in [2.05, 4.69) is 14.8 Å². The van der Waals surface area contributed by atoms with Gasteiger partial charge in [-0.15, -0.1) is 10.2 Å². The third-order valence-corrected chi connectivity index (χ3v) is 6.31. The van der Waals surface area contributed by atoms with Crippen molar-refractivity contribution in [3.63, 3.8) is 0 Å². The summed E-state index contributed by atoms with van der Waals surface area (Å²) >= 11 is 1.78. The summed E-state index contributed by atoms with van der Waals surface area (Å²) in [5.41, 5.74) is 1.00. The minimum Gasteiger partial charge on any atom is -0.493 e. The Kier molecular flexibility index (Phi) is 8.03. The van der Waals surface area contributed by atoms with Crippen LogP contribution in [-0.2, 0) is 0 Å². The zero-order valence-corrected chi connectivity index (χ0v) is 17.7. The quantitative estimate of drug-likeness (QED) is 0.455. The van der Waals surface area contributed by atoms with E-state index >= 15 is 0 Å². The Morgan fingerprint density at radius 3 is 2.54 bits per heavy atom. The molecular formula is C21H31N3O3S. The first-order chi connectivity index (χ1) is 13.8. The van der Waals surface area contributed by atoms with Crippen LogP contribution in [0.15, 0.2) is 23.4 Å². The second kappa shape index (κ2) is 10.7. The molecule has 1 aromatic carbocycles. The van der Waals surface area contributed by atoms with Crippen molar-refractivity contribution in [2.75, 3.05) is 26.6 Å². The first-order valence-electron chi connectivity index (χ1n) is 10.2. The lowest BCUT2D eigenvalue weighted by Crippen LogP contribution is -2.15. The van der Waals surface area contributed by atoms with Crippen LogP contribution in [0, 0.1) is 0 Å². The van der Waals surface area contributed by atoms with Crippen molar-refractivity contribution in [2.24, 2.45) is 0 Å². The molecule has 0 bridgehead atoms. The zero-order chi connectivity index (χ0) is 19.8. The van der Waals surface area contributed by atoms with Crippen LogP contribution in [0.1, 0.15) is 57.4 Å². The van der Waals surface area contributed by atoms with Crippen molar-refractivity contribution >= 4 is 11.8 Å². The van der Waals surface area contributed by atoms with Gasteiger partial charge in [-0.05, 0) is 43.9 Å². The number of hydrogen-bond acceptors (Lipinski definition) is 6. The number of thioether (sulfide) groups is 1. The van der Waals surface area contributed by atoms with Crippen LogP contribution in [0.3, 0.4) is 0 Å². The van der Waals surface area contributed by atoms with Gasteiger partial charge in [0.05, 0.1) is 14.2 Å². The Bertz CT molecular complexity index is 744. The van der Waals surface area contributed by atoms with Crippen LogP contribution in [-0.4, -0.2) is 46.5 Å². The summed E-state index contributed by atoms with van der Waals surface area (Å²) in [5, 5.41) is 19.1. The Balaban J connectivity index is 1.87. The average Bonchev–Trinajstić information content (AvgIpc) is 3.17. The molecule has 0 atom stereocenters. The molecule has 7 heteroatoms. The van der Waals surface area contributed by atoms with Crippen LogP contribution in [0.4, 0.5) is 0 Å². The van der Waals surface area contributed by atoms with Crippen molar-refractivity contribution in [3.8, 4) is 22.9 Å². The molecule has 28 heavy (non-hydrogen) atoms. The molecule has 1 fully saturated rings. The Labute approximate surface area is 171 Å². The number of unbranched alkanes of at least 4 members (excludes halogenated alkanes) is 2. The normalized spacial score (nSPS) is 15.0. The van der Waals surface area contributed by atoms with E-state index in [1.165, 1.54) is 32.1 Å². The van der Waals surface area contributed by atoms with Crippen molar-refractivity contribution in [3.05, 3.63) is 18.2 Å². The molecule has 6 nitrogen and oxygen atoms in total. The smallest absolute Gasteiger partial charge is 0.191 e. The SMILES string of the molecule is COc1ccc(-c2nnc(SCCCCCO)n2C2CCCCC2)cc1OC. The van der Waals surface area contributed by atoms with E-state index < -0.39 is 0 Å². The number of aromatic nitrogens is 3. The Morgan fingerprint density at radius 2 is 1.82 bits per heavy atom. The first-order valence-corrected chi connectivity index (χ1v) is 11.2. The highest BCUT2D eigenvalue weighted by atomic mass is 32.2. The van der Waals surface area contributed by atoms with Crippen LogP contribution in [0.25, 0.3) is 11.4 Å². The average molecular weight is 406 g/mol. The lowest BCUT2D eigenvalue weighted by Gasteiger charge is -2.25. The maximum absolute atomic E-state index is 8.95. The molecule has 0 unspecified atom stereocenters. The molecular weight excluding hydrogens is 374 g/mol. The molecule has 3 rings (SSSR count). The van der Waals surface area contributed by atoms with Gasteiger partial charge >= 0.3 is 0 Å². The van der Waals surface area contributed by atoms with Gasteiger partial charge in [0, 0.05) is 24.0 Å². The molecule has 1 heterocycles. The van der Waals surface area contributed by atoms with E-state index in [1.807, 2.05) is 18.2 Å². The van der Waals surface area contributed by atoms with Crippen molar-refractivity contribution < 1.29 is 14.6 Å². The summed E-state index contributed by atoms with van der Waals surface area (Å²) in [4.78, 5) is 0. The van der Waals surface area contributed by atoms with Gasteiger partial charge in [0.15, 0.2) is 22.5 Å². The summed E-state index contributed by atoms with van der Waals surface area (Å²) < 4.78 is 13.2. The van der Waals surface area contributed by atoms with E-state index in [1.54, 1.807) is 26.0 Å². The minimum atomic E-state index is 0.270. The van der Waals surface area contributed by atoms with Gasteiger partial charge in [-0.25, -0.2) is 0 Å². The fraction of sp³-hybridized carbons (Fsp3) is 0.619. The van der Waals surface area contributed by atoms with E-state index in [-0.39, 0.29) is 6.61 Å². The summed E-state index contributed by atoms with van der Waals surface area (Å²) in [7, 11) is 3.30. The highest BCUT2D eigenvalue weighted by Crippen LogP contribution is 2.38. The summed E-state index contributed by atoms with van der Waals surface area (Å²) in [6.45, 7) is 0.270. The second-order valence-corrected chi connectivity index (χ2v) is 8.23. The molecule has 1 aliphatic rings. The van der Waals surface area contributed by atoms with E-state index in [0.29, 0.717) is 17.5 Å². The molecule has 1 aliphatic carbocycles. The number of rotatable bonds is 10. The fourth-order valence-electron chi connectivity index (χ4n) is 3.77. The van der Waals surface area contributed by atoms with E-state index in [0.717, 1.165) is 41.6 Å². The molecule has 1 saturated carbocycles. The number of hydrogen-bond donors (Lipinski definition) is 1. The topological polar surface area (TPSA) is 69.4 Å². The van der Waals surface area contributed by atoms with Gasteiger partial charge in [0.25, 0.3) is 0 Å². The third-order valence-electron chi connectivity index (χ3n) is 5.28. The number of aliphatic hydroxyl groups is 1. The van der Waals surface area contributed by atoms with Crippen molar-refractivity contribution in [1.29, 1.82) is 0 Å². The molecule has 0 saturated heterocycles. The predicted molar refractivity (Wildman–Crippen MR) is 112 cm³/mol. The Morgan fingerprint density at radius 1 is 1.04 bits per heavy atom. The second-order valence-electron chi connectivity index (χ2n) is 7.17. The monoisotopic (exact) mass is 405 g/mol. The number of nitrogens with zero attached hydrogens (tertiary/aromatic N) is 3. The maximum atomic E-state index is 8.95. The molecule has 0 radical (unpaired) electrons. The van der Waals surface area contributed by atoms with E-state index in [9.17, 15) is 0 Å². The maximum Gasteiger partial charge on any atom is 0.191 e. The lowest BCUT2D eigenvalue weighted by atomic mass is 9.95. The fourth-order valence-corrected chi connectivity index (χ4v) is 4.77. The minimum absolute atomic E-state index is 0.270. The van der Waals surface area contributed by atoms with Crippen LogP contribution in [0.2, 0.25) is 0 Å². The van der Waals surface area contributed by atoms with Gasteiger partial charge in [-0.3, -0.25) is 4.57 Å². The molecule has 1 aromatic heterocycles. The number of aliphatic hydroxyl groups excluding tert-OH is 1. The molecule has 0 aliphatic heterocycles. The molecule has 2 aromatic rings. The zero-order valence-electron chi connectivity index (χ0n) is 16.9. The largest absolute Gasteiger partial charge is 0.493 e. The summed E-state index contributed by atoms with van der Waals surface area (Å²) in [6, 6.07) is 6.39. The first kappa shape index (κ1) is 21.0. The van der Waals surface area contributed by atoms with Crippen molar-refractivity contribution in [1.82, 2.24) is 14.8 Å². The number of benzene rings is 1. The number of ether oxygens (including phenoxy) is 2. The standard InChI is InChI=1S/C21H31N3O3S/c1-26-18-12-11-16(15-19(18)27-2)20-22-23-21(28-14-8-4-7-13-25)24(20)17-9-5-3-6-10-17/h11-12,15,17,25H,3-10,13-14H2,1-2H3. The summed E-state index contributed by atoms with van der Waals surface area (Å²) in [5.74, 6) is 3.33. The van der Waals surface area contributed by atoms with Gasteiger partial charge in [-0.1, -0.05) is 37.4 Å². The van der Waals surface area contributed by atoms with Gasteiger partial charge < -0.3 is 14.6 Å². The Hall–Kier alpha value is -1.73.